The van der Waals surface area contributed by atoms with E-state index in [1.807, 2.05) is 0 Å². The van der Waals surface area contributed by atoms with Crippen molar-refractivity contribution >= 4 is 37.3 Å². The maximum absolute atomic E-state index is 12.9. The van der Waals surface area contributed by atoms with E-state index in [4.69, 9.17) is 6.42 Å². The molecule has 0 spiro atoms. The molecule has 3 rings (SSSR count). The van der Waals surface area contributed by atoms with Crippen LogP contribution in [0.15, 0.2) is 52.4 Å². The lowest BCUT2D eigenvalue weighted by molar-refractivity contribution is -0.137. The minimum absolute atomic E-state index is 0.0485. The Balaban J connectivity index is 2.15. The summed E-state index contributed by atoms with van der Waals surface area (Å²) >= 11 is 1.02. The van der Waals surface area contributed by atoms with Crippen molar-refractivity contribution in [1.29, 1.82) is 0 Å². The quantitative estimate of drug-likeness (QED) is 0.588. The van der Waals surface area contributed by atoms with Crippen LogP contribution in [0.25, 0.3) is 10.2 Å². The number of terminal acetylenes is 1. The second-order valence-electron chi connectivity index (χ2n) is 6.07. The fourth-order valence-corrected chi connectivity index (χ4v) is 4.38. The zero-order chi connectivity index (χ0) is 21.4. The molecule has 5 nitrogen and oxygen atoms in total. The van der Waals surface area contributed by atoms with Crippen LogP contribution in [0.3, 0.4) is 0 Å². The molecule has 0 bridgehead atoms. The number of hydrogen-bond acceptors (Lipinski definition) is 4. The van der Waals surface area contributed by atoms with Crippen molar-refractivity contribution in [3.63, 3.8) is 0 Å². The van der Waals surface area contributed by atoms with Crippen LogP contribution in [0.1, 0.15) is 15.9 Å². The van der Waals surface area contributed by atoms with Crippen molar-refractivity contribution in [2.45, 2.75) is 17.6 Å². The number of carbonyl (C=O) groups excluding carboxylic acids is 1. The van der Waals surface area contributed by atoms with Crippen LogP contribution in [-0.4, -0.2) is 25.1 Å². The van der Waals surface area contributed by atoms with Gasteiger partial charge in [-0.05, 0) is 36.4 Å². The third-order valence-electron chi connectivity index (χ3n) is 3.97. The Hall–Kier alpha value is -2.90. The Morgan fingerprint density at radius 2 is 1.97 bits per heavy atom. The van der Waals surface area contributed by atoms with Crippen molar-refractivity contribution < 1.29 is 26.4 Å². The van der Waals surface area contributed by atoms with E-state index in [-0.39, 0.29) is 21.8 Å². The monoisotopic (exact) mass is 438 g/mol. The first-order valence-electron chi connectivity index (χ1n) is 8.04. The first-order chi connectivity index (χ1) is 13.5. The zero-order valence-corrected chi connectivity index (χ0v) is 16.5. The lowest BCUT2D eigenvalue weighted by atomic mass is 10.1. The zero-order valence-electron chi connectivity index (χ0n) is 14.9. The van der Waals surface area contributed by atoms with Gasteiger partial charge in [0.05, 0.1) is 27.2 Å². The smallest absolute Gasteiger partial charge is 0.305 e. The summed E-state index contributed by atoms with van der Waals surface area (Å²) < 4.78 is 64.2. The van der Waals surface area contributed by atoms with Crippen LogP contribution in [0, 0.1) is 12.3 Å². The van der Waals surface area contributed by atoms with E-state index >= 15 is 0 Å². The summed E-state index contributed by atoms with van der Waals surface area (Å²) in [6.07, 6.45) is 1.86. The van der Waals surface area contributed by atoms with Gasteiger partial charge in [0.25, 0.3) is 5.91 Å². The van der Waals surface area contributed by atoms with Crippen LogP contribution >= 0.6 is 11.3 Å². The molecule has 0 unspecified atom stereocenters. The summed E-state index contributed by atoms with van der Waals surface area (Å²) in [4.78, 5) is 16.6. The van der Waals surface area contributed by atoms with Crippen LogP contribution < -0.4 is 4.80 Å². The highest BCUT2D eigenvalue weighted by molar-refractivity contribution is 7.90. The van der Waals surface area contributed by atoms with E-state index in [2.05, 4.69) is 10.9 Å². The summed E-state index contributed by atoms with van der Waals surface area (Å²) in [6.45, 7) is 0.0485. The van der Waals surface area contributed by atoms with E-state index in [0.717, 1.165) is 35.8 Å². The summed E-state index contributed by atoms with van der Waals surface area (Å²) in [5.41, 5.74) is -0.610. The molecule has 0 radical (unpaired) electrons. The standard InChI is InChI=1S/C19H13F3N2O3S2/c1-3-9-24-15-8-7-14(29(2,26)27)11-16(15)28-18(24)23-17(25)12-5-4-6-13(10-12)19(20,21)22/h1,4-8,10-11H,9H2,2H3. The van der Waals surface area contributed by atoms with Crippen LogP contribution in [0.5, 0.6) is 0 Å². The number of hydrogen-bond donors (Lipinski definition) is 0. The van der Waals surface area contributed by atoms with Gasteiger partial charge in [0, 0.05) is 11.8 Å². The van der Waals surface area contributed by atoms with Gasteiger partial charge >= 0.3 is 6.18 Å². The number of aromatic nitrogens is 1. The maximum Gasteiger partial charge on any atom is 0.416 e. The SMILES string of the molecule is C#CCn1c(=NC(=O)c2cccc(C(F)(F)F)c2)sc2cc(S(C)(=O)=O)ccc21. The van der Waals surface area contributed by atoms with Gasteiger partial charge in [0.1, 0.15) is 0 Å². The van der Waals surface area contributed by atoms with Crippen molar-refractivity contribution in [3.05, 3.63) is 58.4 Å². The first-order valence-corrected chi connectivity index (χ1v) is 10.7. The molecule has 29 heavy (non-hydrogen) atoms. The second kappa shape index (κ2) is 7.50. The highest BCUT2D eigenvalue weighted by atomic mass is 32.2. The molecule has 2 aromatic carbocycles. The number of carbonyl (C=O) groups is 1. The molecule has 3 aromatic rings. The van der Waals surface area contributed by atoms with Gasteiger partial charge < -0.3 is 4.57 Å². The number of thiazole rings is 1. The Labute approximate surface area is 168 Å². The summed E-state index contributed by atoms with van der Waals surface area (Å²) in [5.74, 6) is 1.56. The number of benzene rings is 2. The number of alkyl halides is 3. The minimum atomic E-state index is -4.58. The predicted molar refractivity (Wildman–Crippen MR) is 103 cm³/mol. The van der Waals surface area contributed by atoms with E-state index in [1.165, 1.54) is 22.8 Å². The Bertz CT molecular complexity index is 1330. The number of halogens is 3. The number of fused-ring (bicyclic) bond motifs is 1. The van der Waals surface area contributed by atoms with Gasteiger partial charge in [-0.1, -0.05) is 23.3 Å². The number of nitrogens with zero attached hydrogens (tertiary/aromatic N) is 2. The van der Waals surface area contributed by atoms with Crippen molar-refractivity contribution in [1.82, 2.24) is 4.57 Å². The highest BCUT2D eigenvalue weighted by Crippen LogP contribution is 2.29. The normalized spacial score (nSPS) is 12.9. The molecule has 150 valence electrons. The molecule has 0 N–H and O–H groups in total. The lowest BCUT2D eigenvalue weighted by Crippen LogP contribution is -2.16. The minimum Gasteiger partial charge on any atom is -0.305 e. The van der Waals surface area contributed by atoms with Crippen molar-refractivity contribution in [2.75, 3.05) is 6.26 Å². The molecular formula is C19H13F3N2O3S2. The molecule has 1 amide bonds. The van der Waals surface area contributed by atoms with Gasteiger partial charge in [0.15, 0.2) is 14.6 Å². The van der Waals surface area contributed by atoms with Gasteiger partial charge in [0.2, 0.25) is 0 Å². The van der Waals surface area contributed by atoms with Crippen LogP contribution in [-0.2, 0) is 22.6 Å². The van der Waals surface area contributed by atoms with Gasteiger partial charge in [-0.3, -0.25) is 4.79 Å². The highest BCUT2D eigenvalue weighted by Gasteiger charge is 2.30. The fraction of sp³-hybridized carbons (Fsp3) is 0.158. The van der Waals surface area contributed by atoms with Gasteiger partial charge in [-0.25, -0.2) is 8.42 Å². The number of amides is 1. The van der Waals surface area contributed by atoms with Crippen molar-refractivity contribution in [3.8, 4) is 12.3 Å². The Kier molecular flexibility index (Phi) is 5.38. The Morgan fingerprint density at radius 1 is 1.24 bits per heavy atom. The lowest BCUT2D eigenvalue weighted by Gasteiger charge is -2.06. The molecule has 1 aromatic heterocycles. The third kappa shape index (κ3) is 4.41. The molecule has 0 saturated heterocycles. The average molecular weight is 438 g/mol. The fourth-order valence-electron chi connectivity index (χ4n) is 2.59. The molecule has 1 heterocycles. The molecule has 0 aliphatic carbocycles. The summed E-state index contributed by atoms with van der Waals surface area (Å²) in [6, 6.07) is 8.36. The first kappa shape index (κ1) is 20.8. The summed E-state index contributed by atoms with van der Waals surface area (Å²) in [7, 11) is -3.44. The molecule has 0 aliphatic heterocycles. The van der Waals surface area contributed by atoms with E-state index in [9.17, 15) is 26.4 Å². The molecular weight excluding hydrogens is 425 g/mol. The molecule has 0 fully saturated rings. The third-order valence-corrected chi connectivity index (χ3v) is 6.12. The predicted octanol–water partition coefficient (Wildman–Crippen LogP) is 3.50. The Morgan fingerprint density at radius 3 is 2.59 bits per heavy atom. The topological polar surface area (TPSA) is 68.5 Å². The van der Waals surface area contributed by atoms with E-state index in [0.29, 0.717) is 10.2 Å². The second-order valence-corrected chi connectivity index (χ2v) is 9.10. The number of rotatable bonds is 3. The van der Waals surface area contributed by atoms with Crippen LogP contribution in [0.2, 0.25) is 0 Å². The van der Waals surface area contributed by atoms with Gasteiger partial charge in [-0.15, -0.1) is 6.42 Å². The maximum atomic E-state index is 12.9. The van der Waals surface area contributed by atoms with Crippen LogP contribution in [0.4, 0.5) is 13.2 Å². The van der Waals surface area contributed by atoms with Gasteiger partial charge in [-0.2, -0.15) is 18.2 Å². The molecule has 0 saturated carbocycles. The molecule has 0 aliphatic rings. The largest absolute Gasteiger partial charge is 0.416 e. The average Bonchev–Trinajstić information content (AvgIpc) is 2.97. The van der Waals surface area contributed by atoms with E-state index in [1.54, 1.807) is 6.07 Å². The van der Waals surface area contributed by atoms with E-state index < -0.39 is 27.5 Å². The van der Waals surface area contributed by atoms with Crippen molar-refractivity contribution in [2.24, 2.45) is 4.99 Å². The summed E-state index contributed by atoms with van der Waals surface area (Å²) in [5, 5.41) is 0. The molecule has 10 heteroatoms. The number of sulfone groups is 1. The molecule has 0 atom stereocenters.